The molecule has 4 rings (SSSR count). The number of allylic oxidation sites excluding steroid dienone is 1. The molecule has 1 aromatic carbocycles. The molecule has 3 N–H and O–H groups in total. The molecule has 0 aromatic heterocycles. The van der Waals surface area contributed by atoms with E-state index in [0.717, 1.165) is 36.0 Å². The number of rotatable bonds is 2. The molecule has 3 aliphatic rings. The lowest BCUT2D eigenvalue weighted by Crippen LogP contribution is -2.59. The second-order valence-electron chi connectivity index (χ2n) is 10.7. The van der Waals surface area contributed by atoms with Crippen LogP contribution < -0.4 is 5.32 Å². The Balaban J connectivity index is 1.77. The van der Waals surface area contributed by atoms with Gasteiger partial charge in [0.25, 0.3) is 5.91 Å². The summed E-state index contributed by atoms with van der Waals surface area (Å²) in [5.74, 6) is -1.52. The number of carbonyl (C=O) groups is 2. The van der Waals surface area contributed by atoms with Gasteiger partial charge in [-0.25, -0.2) is 0 Å². The van der Waals surface area contributed by atoms with E-state index < -0.39 is 35.6 Å². The molecule has 1 saturated heterocycles. The maximum Gasteiger partial charge on any atom is 0.306 e. The van der Waals surface area contributed by atoms with Crippen molar-refractivity contribution in [2.45, 2.75) is 89.6 Å². The summed E-state index contributed by atoms with van der Waals surface area (Å²) in [4.78, 5) is 26.9. The highest BCUT2D eigenvalue weighted by molar-refractivity contribution is 5.93. The number of nitrogens with one attached hydrogen (secondary N) is 1. The van der Waals surface area contributed by atoms with Gasteiger partial charge in [0, 0.05) is 12.5 Å². The Kier molecular flexibility index (Phi) is 7.82. The number of aliphatic hydroxyl groups is 2. The summed E-state index contributed by atoms with van der Waals surface area (Å²) >= 11 is 0. The van der Waals surface area contributed by atoms with E-state index in [4.69, 9.17) is 4.74 Å². The molecule has 1 aromatic rings. The summed E-state index contributed by atoms with van der Waals surface area (Å²) in [5.41, 5.74) is 1.29. The number of esters is 1. The molecule has 0 unspecified atom stereocenters. The highest BCUT2D eigenvalue weighted by Gasteiger charge is 2.66. The monoisotopic (exact) mass is 481 g/mol. The molecule has 2 heterocycles. The molecule has 6 nitrogen and oxygen atoms in total. The largest absolute Gasteiger partial charge is 0.447 e. The average Bonchev–Trinajstić information content (AvgIpc) is 3.09. The third-order valence-electron chi connectivity index (χ3n) is 8.28. The second kappa shape index (κ2) is 10.7. The Bertz CT molecular complexity index is 986. The van der Waals surface area contributed by atoms with Crippen molar-refractivity contribution in [1.29, 1.82) is 0 Å². The van der Waals surface area contributed by atoms with Gasteiger partial charge in [-0.3, -0.25) is 9.59 Å². The van der Waals surface area contributed by atoms with Crippen LogP contribution in [0, 0.1) is 17.8 Å². The zero-order valence-electron chi connectivity index (χ0n) is 21.1. The molecular weight excluding hydrogens is 442 g/mol. The molecule has 6 heteroatoms. The van der Waals surface area contributed by atoms with Gasteiger partial charge in [0.2, 0.25) is 5.60 Å². The predicted octanol–water partition coefficient (Wildman–Crippen LogP) is 3.86. The van der Waals surface area contributed by atoms with Crippen LogP contribution in [-0.2, 0) is 20.7 Å². The number of benzene rings is 1. The topological polar surface area (TPSA) is 95.9 Å². The first kappa shape index (κ1) is 25.6. The second-order valence-corrected chi connectivity index (χ2v) is 10.7. The number of hydrogen-bond acceptors (Lipinski definition) is 5. The zero-order valence-corrected chi connectivity index (χ0v) is 21.1. The lowest BCUT2D eigenvalue weighted by Gasteiger charge is -2.46. The van der Waals surface area contributed by atoms with Gasteiger partial charge in [-0.15, -0.1) is 0 Å². The van der Waals surface area contributed by atoms with Crippen molar-refractivity contribution in [2.75, 3.05) is 0 Å². The van der Waals surface area contributed by atoms with Crippen LogP contribution in [-0.4, -0.2) is 45.9 Å². The van der Waals surface area contributed by atoms with Gasteiger partial charge in [0.15, 0.2) is 0 Å². The molecule has 190 valence electrons. The fourth-order valence-corrected chi connectivity index (χ4v) is 6.18. The van der Waals surface area contributed by atoms with Crippen molar-refractivity contribution in [3.63, 3.8) is 0 Å². The average molecular weight is 482 g/mol. The highest BCUT2D eigenvalue weighted by atomic mass is 16.6. The Hall–Kier alpha value is -2.44. The third kappa shape index (κ3) is 5.10. The quantitative estimate of drug-likeness (QED) is 0.440. The van der Waals surface area contributed by atoms with Gasteiger partial charge in [0.05, 0.1) is 24.0 Å². The highest BCUT2D eigenvalue weighted by Crippen LogP contribution is 2.50. The number of hydrogen-bond donors (Lipinski definition) is 3. The minimum atomic E-state index is -1.52. The molecule has 35 heavy (non-hydrogen) atoms. The predicted molar refractivity (Wildman–Crippen MR) is 134 cm³/mol. The molecule has 1 spiro atoms. The van der Waals surface area contributed by atoms with E-state index >= 15 is 0 Å². The van der Waals surface area contributed by atoms with Gasteiger partial charge in [-0.05, 0) is 56.6 Å². The minimum absolute atomic E-state index is 0.0378. The van der Waals surface area contributed by atoms with Gasteiger partial charge < -0.3 is 20.3 Å². The van der Waals surface area contributed by atoms with E-state index in [0.29, 0.717) is 25.2 Å². The molecule has 1 fully saturated rings. The Morgan fingerprint density at radius 2 is 1.80 bits per heavy atom. The Labute approximate surface area is 208 Å². The lowest BCUT2D eigenvalue weighted by molar-refractivity contribution is -0.180. The van der Waals surface area contributed by atoms with Crippen LogP contribution in [0.1, 0.15) is 64.9 Å². The first-order valence-electron chi connectivity index (χ1n) is 13.0. The maximum atomic E-state index is 13.8. The minimum Gasteiger partial charge on any atom is -0.447 e. The van der Waals surface area contributed by atoms with E-state index in [1.54, 1.807) is 0 Å². The van der Waals surface area contributed by atoms with Crippen LogP contribution in [0.4, 0.5) is 0 Å². The first-order chi connectivity index (χ1) is 16.7. The Morgan fingerprint density at radius 3 is 2.54 bits per heavy atom. The van der Waals surface area contributed by atoms with Gasteiger partial charge in [-0.1, -0.05) is 67.8 Å². The number of aliphatic hydroxyl groups excluding tert-OH is 2. The SMILES string of the molecule is CC1=C(C)[C@H]2[C@H](Cc3ccccc3)NC(=O)[C@]23OC(=O)CC[C@H](O)CCC[C@@H](C)C/C=C/[C@H]3[C@@H]1O. The molecule has 2 aliphatic heterocycles. The van der Waals surface area contributed by atoms with Crippen molar-refractivity contribution in [1.82, 2.24) is 5.32 Å². The van der Waals surface area contributed by atoms with Crippen molar-refractivity contribution >= 4 is 11.9 Å². The molecule has 1 aliphatic carbocycles. The summed E-state index contributed by atoms with van der Waals surface area (Å²) in [5, 5.41) is 24.9. The molecule has 0 bridgehead atoms. The fourth-order valence-electron chi connectivity index (χ4n) is 6.18. The van der Waals surface area contributed by atoms with E-state index in [2.05, 4.69) is 12.2 Å². The molecular formula is C29H39NO5. The summed E-state index contributed by atoms with van der Waals surface area (Å²) in [6.45, 7) is 6.02. The van der Waals surface area contributed by atoms with E-state index in [-0.39, 0.29) is 18.4 Å². The van der Waals surface area contributed by atoms with Crippen molar-refractivity contribution in [3.8, 4) is 0 Å². The molecule has 7 atom stereocenters. The first-order valence-corrected chi connectivity index (χ1v) is 13.0. The number of carbonyl (C=O) groups excluding carboxylic acids is 2. The van der Waals surface area contributed by atoms with E-state index in [1.807, 2.05) is 56.3 Å². The van der Waals surface area contributed by atoms with E-state index in [1.165, 1.54) is 0 Å². The van der Waals surface area contributed by atoms with Crippen LogP contribution >= 0.6 is 0 Å². The Morgan fingerprint density at radius 1 is 1.06 bits per heavy atom. The summed E-state index contributed by atoms with van der Waals surface area (Å²) in [6.07, 6.45) is 6.70. The summed E-state index contributed by atoms with van der Waals surface area (Å²) in [6, 6.07) is 9.69. The van der Waals surface area contributed by atoms with Gasteiger partial charge in [0.1, 0.15) is 0 Å². The zero-order chi connectivity index (χ0) is 25.2. The van der Waals surface area contributed by atoms with Crippen LogP contribution in [0.2, 0.25) is 0 Å². The summed E-state index contributed by atoms with van der Waals surface area (Å²) in [7, 11) is 0. The van der Waals surface area contributed by atoms with Crippen LogP contribution in [0.3, 0.4) is 0 Å². The number of ether oxygens (including phenoxy) is 1. The smallest absolute Gasteiger partial charge is 0.306 e. The van der Waals surface area contributed by atoms with Crippen molar-refractivity contribution < 1.29 is 24.5 Å². The van der Waals surface area contributed by atoms with E-state index in [9.17, 15) is 19.8 Å². The lowest BCUT2D eigenvalue weighted by atomic mass is 9.63. The normalized spacial score (nSPS) is 37.5. The molecule has 0 radical (unpaired) electrons. The van der Waals surface area contributed by atoms with Crippen molar-refractivity contribution in [2.24, 2.45) is 17.8 Å². The fraction of sp³-hybridized carbons (Fsp3) is 0.586. The maximum absolute atomic E-state index is 13.8. The number of amides is 1. The standard InChI is InChI=1S/C29H39NO5/c1-18-9-7-13-22(31)15-16-25(32)35-29-23(14-8-10-18)27(33)20(3)19(2)26(29)24(30-28(29)34)17-21-11-5-4-6-12-21/h4-6,8,11-12,14,18,22-24,26-27,31,33H,7,9-10,13,15-17H2,1-3H3,(H,30,34)/b14-8+/t18-,22-,23+,24+,26+,27-,29-/m1/s1. The molecule has 1 amide bonds. The van der Waals surface area contributed by atoms with Crippen molar-refractivity contribution in [3.05, 3.63) is 59.2 Å². The third-order valence-corrected chi connectivity index (χ3v) is 8.28. The van der Waals surface area contributed by atoms with Gasteiger partial charge >= 0.3 is 5.97 Å². The molecule has 0 saturated carbocycles. The van der Waals surface area contributed by atoms with Gasteiger partial charge in [-0.2, -0.15) is 0 Å². The van der Waals surface area contributed by atoms with Crippen LogP contribution in [0.25, 0.3) is 0 Å². The van der Waals surface area contributed by atoms with Crippen LogP contribution in [0.15, 0.2) is 53.6 Å². The summed E-state index contributed by atoms with van der Waals surface area (Å²) < 4.78 is 6.15. The van der Waals surface area contributed by atoms with Crippen LogP contribution in [0.5, 0.6) is 0 Å².